The largest absolute Gasteiger partial charge is 0.0891 e. The van der Waals surface area contributed by atoms with Gasteiger partial charge in [0.05, 0.1) is 0 Å². The molecule has 2 heteroatoms. The molecule has 0 saturated carbocycles. The molecule has 85 valence electrons. The van der Waals surface area contributed by atoms with Crippen molar-refractivity contribution >= 4 is 31.9 Å². The van der Waals surface area contributed by atoms with Gasteiger partial charge in [0.15, 0.2) is 0 Å². The predicted octanol–water partition coefficient (Wildman–Crippen LogP) is 5.49. The zero-order valence-corrected chi connectivity index (χ0v) is 12.6. The van der Waals surface area contributed by atoms with Crippen LogP contribution in [0, 0.1) is 6.42 Å². The second-order valence-electron chi connectivity index (χ2n) is 3.95. The average molecular weight is 327 g/mol. The van der Waals surface area contributed by atoms with Crippen molar-refractivity contribution in [1.82, 2.24) is 0 Å². The lowest BCUT2D eigenvalue weighted by Crippen LogP contribution is -2.02. The Bertz CT molecular complexity index is 113. The minimum Gasteiger partial charge on any atom is -0.0891 e. The van der Waals surface area contributed by atoms with Gasteiger partial charge >= 0.3 is 0 Å². The van der Waals surface area contributed by atoms with E-state index in [1.165, 1.54) is 44.9 Å². The quantitative estimate of drug-likeness (QED) is 0.388. The summed E-state index contributed by atoms with van der Waals surface area (Å²) in [4.78, 5) is 1.23. The van der Waals surface area contributed by atoms with Gasteiger partial charge in [-0.1, -0.05) is 77.8 Å². The summed E-state index contributed by atoms with van der Waals surface area (Å²) in [7, 11) is 0. The summed E-state index contributed by atoms with van der Waals surface area (Å²) in [5, 5.41) is 0. The summed E-state index contributed by atoms with van der Waals surface area (Å²) in [6.07, 6.45) is 11.8. The monoisotopic (exact) mass is 325 g/mol. The average Bonchev–Trinajstić information content (AvgIpc) is 2.14. The first-order valence-electron chi connectivity index (χ1n) is 5.78. The molecule has 1 radical (unpaired) electrons. The molecule has 0 aliphatic carbocycles. The van der Waals surface area contributed by atoms with Crippen molar-refractivity contribution in [2.75, 3.05) is 0 Å². The third-order valence-corrected chi connectivity index (χ3v) is 3.54. The van der Waals surface area contributed by atoms with Crippen LogP contribution in [0.3, 0.4) is 0 Å². The van der Waals surface area contributed by atoms with Crippen molar-refractivity contribution < 1.29 is 0 Å². The lowest BCUT2D eigenvalue weighted by atomic mass is 10.1. The van der Waals surface area contributed by atoms with E-state index in [2.05, 4.69) is 52.1 Å². The summed E-state index contributed by atoms with van der Waals surface area (Å²) in [5.74, 6) is 0. The first kappa shape index (κ1) is 15.0. The highest BCUT2D eigenvalue weighted by molar-refractivity contribution is 9.09. The maximum absolute atomic E-state index is 3.72. The third-order valence-electron chi connectivity index (χ3n) is 2.34. The molecular formula is C12H23Br2. The molecule has 0 aliphatic heterocycles. The number of alkyl halides is 2. The molecule has 0 spiro atoms. The van der Waals surface area contributed by atoms with E-state index in [0.29, 0.717) is 9.65 Å². The maximum atomic E-state index is 3.72. The molecule has 0 nitrogen and oxygen atoms in total. The van der Waals surface area contributed by atoms with Crippen LogP contribution in [0.4, 0.5) is 0 Å². The van der Waals surface area contributed by atoms with Gasteiger partial charge in [-0.3, -0.25) is 0 Å². The van der Waals surface area contributed by atoms with Gasteiger partial charge < -0.3 is 0 Å². The van der Waals surface area contributed by atoms with E-state index >= 15 is 0 Å². The van der Waals surface area contributed by atoms with E-state index in [1.54, 1.807) is 0 Å². The first-order valence-corrected chi connectivity index (χ1v) is 7.61. The van der Waals surface area contributed by atoms with Crippen LogP contribution < -0.4 is 0 Å². The highest BCUT2D eigenvalue weighted by atomic mass is 79.9. The van der Waals surface area contributed by atoms with Crippen LogP contribution in [0.5, 0.6) is 0 Å². The lowest BCUT2D eigenvalue weighted by Gasteiger charge is -2.10. The number of halogens is 2. The second kappa shape index (κ2) is 10.5. The zero-order chi connectivity index (χ0) is 10.8. The number of rotatable bonds is 9. The summed E-state index contributed by atoms with van der Waals surface area (Å²) >= 11 is 7.25. The normalized spacial score (nSPS) is 15.4. The Morgan fingerprint density at radius 2 is 1.71 bits per heavy atom. The Hall–Kier alpha value is 0.960. The van der Waals surface area contributed by atoms with Crippen molar-refractivity contribution in [2.45, 2.75) is 68.4 Å². The van der Waals surface area contributed by atoms with Gasteiger partial charge in [0.25, 0.3) is 0 Å². The van der Waals surface area contributed by atoms with Crippen LogP contribution in [0.1, 0.15) is 58.8 Å². The summed E-state index contributed by atoms with van der Waals surface area (Å²) in [6.45, 7) is 4.43. The fourth-order valence-corrected chi connectivity index (χ4v) is 2.18. The first-order chi connectivity index (χ1) is 6.66. The maximum Gasteiger partial charge on any atom is 0.0149 e. The lowest BCUT2D eigenvalue weighted by molar-refractivity contribution is 0.596. The Kier molecular flexibility index (Phi) is 11.2. The van der Waals surface area contributed by atoms with Crippen molar-refractivity contribution in [3.8, 4) is 0 Å². The molecule has 14 heavy (non-hydrogen) atoms. The van der Waals surface area contributed by atoms with Crippen LogP contribution in [0.2, 0.25) is 0 Å². The van der Waals surface area contributed by atoms with E-state index in [1.807, 2.05) is 0 Å². The second-order valence-corrected chi connectivity index (χ2v) is 6.69. The summed E-state index contributed by atoms with van der Waals surface area (Å²) < 4.78 is 0. The van der Waals surface area contributed by atoms with Gasteiger partial charge in [-0.25, -0.2) is 0 Å². The molecule has 0 aromatic rings. The Balaban J connectivity index is 3.14. The van der Waals surface area contributed by atoms with Crippen molar-refractivity contribution in [3.05, 3.63) is 6.42 Å². The van der Waals surface area contributed by atoms with Crippen LogP contribution in [0.25, 0.3) is 0 Å². The molecule has 0 aliphatic rings. The molecule has 0 aromatic heterocycles. The highest BCUT2D eigenvalue weighted by Gasteiger charge is 2.05. The Labute approximate surface area is 106 Å². The molecule has 0 heterocycles. The molecule has 2 unspecified atom stereocenters. The molecule has 0 amide bonds. The topological polar surface area (TPSA) is 0 Å². The van der Waals surface area contributed by atoms with E-state index in [9.17, 15) is 0 Å². The molecule has 0 bridgehead atoms. The molecule has 2 atom stereocenters. The van der Waals surface area contributed by atoms with Gasteiger partial charge in [-0.05, 0) is 19.3 Å². The molecular weight excluding hydrogens is 304 g/mol. The minimum absolute atomic E-state index is 0.544. The zero-order valence-electron chi connectivity index (χ0n) is 9.44. The van der Waals surface area contributed by atoms with Gasteiger partial charge in [-0.15, -0.1) is 0 Å². The van der Waals surface area contributed by atoms with Gasteiger partial charge in [0, 0.05) is 9.65 Å². The molecule has 0 rings (SSSR count). The van der Waals surface area contributed by atoms with E-state index in [4.69, 9.17) is 0 Å². The van der Waals surface area contributed by atoms with Gasteiger partial charge in [0.2, 0.25) is 0 Å². The van der Waals surface area contributed by atoms with Gasteiger partial charge in [0.1, 0.15) is 0 Å². The molecule has 0 saturated heterocycles. The van der Waals surface area contributed by atoms with E-state index in [0.717, 1.165) is 0 Å². The van der Waals surface area contributed by atoms with Crippen molar-refractivity contribution in [2.24, 2.45) is 0 Å². The Morgan fingerprint density at radius 3 is 2.29 bits per heavy atom. The number of hydrogen-bond acceptors (Lipinski definition) is 0. The van der Waals surface area contributed by atoms with Crippen LogP contribution in [-0.2, 0) is 0 Å². The van der Waals surface area contributed by atoms with E-state index in [-0.39, 0.29) is 0 Å². The summed E-state index contributed by atoms with van der Waals surface area (Å²) in [6, 6.07) is 0. The Morgan fingerprint density at radius 1 is 1.07 bits per heavy atom. The smallest absolute Gasteiger partial charge is 0.0149 e. The SMILES string of the molecule is CCCCCCCC(Br)C[CH]C(C)Br. The van der Waals surface area contributed by atoms with Crippen LogP contribution in [0.15, 0.2) is 0 Å². The van der Waals surface area contributed by atoms with E-state index < -0.39 is 0 Å². The standard InChI is InChI=1S/C12H23Br2/c1-3-4-5-6-7-8-12(14)10-9-11(2)13/h9,11-12H,3-8,10H2,1-2H3. The highest BCUT2D eigenvalue weighted by Crippen LogP contribution is 2.19. The van der Waals surface area contributed by atoms with Crippen LogP contribution in [-0.4, -0.2) is 9.65 Å². The van der Waals surface area contributed by atoms with Gasteiger partial charge in [-0.2, -0.15) is 0 Å². The van der Waals surface area contributed by atoms with Crippen LogP contribution >= 0.6 is 31.9 Å². The van der Waals surface area contributed by atoms with Crippen molar-refractivity contribution in [3.63, 3.8) is 0 Å². The molecule has 0 fully saturated rings. The fraction of sp³-hybridized carbons (Fsp3) is 0.917. The fourth-order valence-electron chi connectivity index (χ4n) is 1.42. The summed E-state index contributed by atoms with van der Waals surface area (Å²) in [5.41, 5.74) is 0. The third kappa shape index (κ3) is 11.0. The number of unbranched alkanes of at least 4 members (excludes halogenated alkanes) is 4. The predicted molar refractivity (Wildman–Crippen MR) is 73.4 cm³/mol. The molecule has 0 N–H and O–H groups in total. The minimum atomic E-state index is 0.544. The molecule has 0 aromatic carbocycles. The number of hydrogen-bond donors (Lipinski definition) is 0. The van der Waals surface area contributed by atoms with Crippen molar-refractivity contribution in [1.29, 1.82) is 0 Å².